The van der Waals surface area contributed by atoms with Gasteiger partial charge in [0.2, 0.25) is 0 Å². The van der Waals surface area contributed by atoms with Crippen LogP contribution in [-0.2, 0) is 4.79 Å². The maximum Gasteiger partial charge on any atom is 0.123 e. The molecule has 1 aliphatic carbocycles. The Labute approximate surface area is 71.2 Å². The van der Waals surface area contributed by atoms with E-state index in [1.54, 1.807) is 0 Å². The van der Waals surface area contributed by atoms with Crippen LogP contribution in [0.5, 0.6) is 0 Å². The number of aldehydes is 1. The van der Waals surface area contributed by atoms with E-state index in [1.807, 2.05) is 13.8 Å². The van der Waals surface area contributed by atoms with E-state index in [2.05, 4.69) is 0 Å². The molecule has 0 heterocycles. The minimum atomic E-state index is 0. The van der Waals surface area contributed by atoms with Crippen LogP contribution in [-0.4, -0.2) is 6.29 Å². The van der Waals surface area contributed by atoms with Crippen LogP contribution >= 0.6 is 0 Å². The van der Waals surface area contributed by atoms with Crippen molar-refractivity contribution in [3.63, 3.8) is 0 Å². The summed E-state index contributed by atoms with van der Waals surface area (Å²) in [7, 11) is 0. The van der Waals surface area contributed by atoms with Gasteiger partial charge in [0.1, 0.15) is 6.29 Å². The molecule has 0 spiro atoms. The zero-order valence-electron chi connectivity index (χ0n) is 7.10. The quantitative estimate of drug-likeness (QED) is 0.534. The molecular weight excluding hydrogens is 136 g/mol. The Bertz CT molecular complexity index is 72.9. The average Bonchev–Trinajstić information content (AvgIpc) is 2.10. The summed E-state index contributed by atoms with van der Waals surface area (Å²) in [6, 6.07) is 0. The summed E-state index contributed by atoms with van der Waals surface area (Å²) in [6.07, 6.45) is 7.27. The highest BCUT2D eigenvalue weighted by atomic mass is 16.1. The third kappa shape index (κ3) is 6.08. The summed E-state index contributed by atoms with van der Waals surface area (Å²) < 4.78 is 0. The number of carbonyl (C=O) groups excluding carboxylic acids is 1. The van der Waals surface area contributed by atoms with E-state index in [4.69, 9.17) is 0 Å². The van der Waals surface area contributed by atoms with E-state index in [9.17, 15) is 4.79 Å². The Hall–Kier alpha value is -0.330. The Balaban J connectivity index is 0. The predicted molar refractivity (Wildman–Crippen MR) is 50.7 cm³/mol. The van der Waals surface area contributed by atoms with Gasteiger partial charge in [-0.1, -0.05) is 40.5 Å². The predicted octanol–water partition coefficient (Wildman–Crippen LogP) is 3.43. The highest BCUT2D eigenvalue weighted by molar-refractivity contribution is 5.53. The van der Waals surface area contributed by atoms with E-state index in [0.717, 1.165) is 19.1 Å². The Morgan fingerprint density at radius 2 is 1.55 bits per heavy atom. The second kappa shape index (κ2) is 9.67. The van der Waals surface area contributed by atoms with E-state index < -0.39 is 0 Å². The van der Waals surface area contributed by atoms with Crippen LogP contribution in [0, 0.1) is 5.92 Å². The van der Waals surface area contributed by atoms with Gasteiger partial charge in [-0.05, 0) is 12.8 Å². The lowest BCUT2D eigenvalue weighted by atomic mass is 9.91. The van der Waals surface area contributed by atoms with Crippen molar-refractivity contribution in [2.45, 2.75) is 53.4 Å². The molecular formula is C10H22O. The van der Waals surface area contributed by atoms with Gasteiger partial charge in [-0.25, -0.2) is 0 Å². The first-order chi connectivity index (χ1) is 4.93. The molecule has 0 bridgehead atoms. The molecule has 0 atom stereocenters. The van der Waals surface area contributed by atoms with E-state index >= 15 is 0 Å². The summed E-state index contributed by atoms with van der Waals surface area (Å²) in [5.41, 5.74) is 0. The van der Waals surface area contributed by atoms with Gasteiger partial charge in [-0.2, -0.15) is 0 Å². The molecule has 0 radical (unpaired) electrons. The molecule has 0 saturated heterocycles. The number of rotatable bonds is 1. The molecule has 0 aliphatic heterocycles. The topological polar surface area (TPSA) is 17.1 Å². The summed E-state index contributed by atoms with van der Waals surface area (Å²) >= 11 is 0. The van der Waals surface area contributed by atoms with E-state index in [0.29, 0.717) is 5.92 Å². The first-order valence-corrected chi connectivity index (χ1v) is 4.39. The van der Waals surface area contributed by atoms with Crippen molar-refractivity contribution in [2.75, 3.05) is 0 Å². The zero-order chi connectivity index (χ0) is 7.82. The standard InChI is InChI=1S/C7H12O.C2H6.CH4/c8-6-7-4-2-1-3-5-7;1-2;/h6-7H,1-5H2;1-2H3;1H4. The molecule has 11 heavy (non-hydrogen) atoms. The van der Waals surface area contributed by atoms with Crippen molar-refractivity contribution in [3.05, 3.63) is 0 Å². The molecule has 68 valence electrons. The monoisotopic (exact) mass is 158 g/mol. The summed E-state index contributed by atoms with van der Waals surface area (Å²) in [4.78, 5) is 10.2. The van der Waals surface area contributed by atoms with Crippen molar-refractivity contribution in [1.29, 1.82) is 0 Å². The van der Waals surface area contributed by atoms with Gasteiger partial charge in [0.05, 0.1) is 0 Å². The normalized spacial score (nSPS) is 17.3. The van der Waals surface area contributed by atoms with Gasteiger partial charge in [0.15, 0.2) is 0 Å². The van der Waals surface area contributed by atoms with Crippen LogP contribution in [0.25, 0.3) is 0 Å². The fourth-order valence-electron chi connectivity index (χ4n) is 1.27. The lowest BCUT2D eigenvalue weighted by Gasteiger charge is -2.14. The maximum absolute atomic E-state index is 10.2. The molecule has 1 aliphatic rings. The van der Waals surface area contributed by atoms with Crippen molar-refractivity contribution in [3.8, 4) is 0 Å². The summed E-state index contributed by atoms with van der Waals surface area (Å²) in [5, 5.41) is 0. The Morgan fingerprint density at radius 3 is 1.82 bits per heavy atom. The van der Waals surface area contributed by atoms with Crippen molar-refractivity contribution < 1.29 is 4.79 Å². The smallest absolute Gasteiger partial charge is 0.123 e. The molecule has 0 unspecified atom stereocenters. The van der Waals surface area contributed by atoms with Gasteiger partial charge in [-0.3, -0.25) is 0 Å². The fourth-order valence-corrected chi connectivity index (χ4v) is 1.27. The Morgan fingerprint density at radius 1 is 1.09 bits per heavy atom. The largest absolute Gasteiger partial charge is 0.303 e. The second-order valence-corrected chi connectivity index (χ2v) is 2.53. The van der Waals surface area contributed by atoms with Crippen molar-refractivity contribution >= 4 is 6.29 Å². The Kier molecular flexibility index (Phi) is 11.7. The van der Waals surface area contributed by atoms with E-state index in [-0.39, 0.29) is 7.43 Å². The molecule has 1 fully saturated rings. The molecule has 1 nitrogen and oxygen atoms in total. The zero-order valence-corrected chi connectivity index (χ0v) is 7.10. The van der Waals surface area contributed by atoms with E-state index in [1.165, 1.54) is 19.3 Å². The molecule has 1 heteroatoms. The van der Waals surface area contributed by atoms with Crippen LogP contribution in [0.4, 0.5) is 0 Å². The first kappa shape index (κ1) is 13.3. The second-order valence-electron chi connectivity index (χ2n) is 2.53. The minimum Gasteiger partial charge on any atom is -0.303 e. The molecule has 0 aromatic rings. The molecule has 0 amide bonds. The molecule has 1 rings (SSSR count). The number of hydrogen-bond acceptors (Lipinski definition) is 1. The molecule has 0 N–H and O–H groups in total. The van der Waals surface area contributed by atoms with Crippen molar-refractivity contribution in [1.82, 2.24) is 0 Å². The molecule has 0 aromatic carbocycles. The molecule has 1 saturated carbocycles. The highest BCUT2D eigenvalue weighted by Gasteiger charge is 2.10. The van der Waals surface area contributed by atoms with Crippen LogP contribution in [0.1, 0.15) is 53.4 Å². The van der Waals surface area contributed by atoms with Gasteiger partial charge in [0, 0.05) is 5.92 Å². The molecule has 0 aromatic heterocycles. The number of hydrogen-bond donors (Lipinski definition) is 0. The van der Waals surface area contributed by atoms with Crippen molar-refractivity contribution in [2.24, 2.45) is 5.92 Å². The fraction of sp³-hybridized carbons (Fsp3) is 0.900. The maximum atomic E-state index is 10.2. The summed E-state index contributed by atoms with van der Waals surface area (Å²) in [6.45, 7) is 4.00. The van der Waals surface area contributed by atoms with Gasteiger partial charge < -0.3 is 4.79 Å². The lowest BCUT2D eigenvalue weighted by Crippen LogP contribution is -2.06. The third-order valence-corrected chi connectivity index (χ3v) is 1.84. The average molecular weight is 158 g/mol. The highest BCUT2D eigenvalue weighted by Crippen LogP contribution is 2.21. The first-order valence-electron chi connectivity index (χ1n) is 4.39. The van der Waals surface area contributed by atoms with Crippen LogP contribution in [0.15, 0.2) is 0 Å². The minimum absolute atomic E-state index is 0. The van der Waals surface area contributed by atoms with Crippen LogP contribution in [0.2, 0.25) is 0 Å². The lowest BCUT2D eigenvalue weighted by molar-refractivity contribution is -0.111. The summed E-state index contributed by atoms with van der Waals surface area (Å²) in [5.74, 6) is 0.406. The third-order valence-electron chi connectivity index (χ3n) is 1.84. The SMILES string of the molecule is C.CC.O=CC1CCCCC1. The number of carbonyl (C=O) groups is 1. The van der Waals surface area contributed by atoms with Crippen LogP contribution < -0.4 is 0 Å². The van der Waals surface area contributed by atoms with Gasteiger partial charge >= 0.3 is 0 Å². The van der Waals surface area contributed by atoms with Gasteiger partial charge in [0.25, 0.3) is 0 Å². The van der Waals surface area contributed by atoms with Crippen LogP contribution in [0.3, 0.4) is 0 Å². The van der Waals surface area contributed by atoms with Gasteiger partial charge in [-0.15, -0.1) is 0 Å².